The minimum Gasteiger partial charge on any atom is -0.341 e. The molecular formula is C13H16N2O2. The first-order chi connectivity index (χ1) is 7.99. The maximum Gasteiger partial charge on any atom is 0.251 e. The number of fused-ring (bicyclic) bond motifs is 1. The second kappa shape index (κ2) is 4.20. The Hall–Kier alpha value is -1.84. The van der Waals surface area contributed by atoms with Crippen LogP contribution in [0.2, 0.25) is 0 Å². The Morgan fingerprint density at radius 2 is 2.12 bits per heavy atom. The maximum absolute atomic E-state index is 11.7. The Bertz CT molecular complexity index is 480. The summed E-state index contributed by atoms with van der Waals surface area (Å²) in [5, 5.41) is 5.43. The van der Waals surface area contributed by atoms with Crippen LogP contribution >= 0.6 is 0 Å². The summed E-state index contributed by atoms with van der Waals surface area (Å²) in [6.45, 7) is 5.61. The van der Waals surface area contributed by atoms with Crippen LogP contribution in [-0.4, -0.2) is 11.8 Å². The molecule has 1 aromatic carbocycles. The van der Waals surface area contributed by atoms with E-state index in [4.69, 9.17) is 0 Å². The lowest BCUT2D eigenvalue weighted by atomic mass is 9.98. The minimum absolute atomic E-state index is 0.170. The number of carbonyl (C=O) groups excluding carboxylic acids is 2. The zero-order chi connectivity index (χ0) is 12.6. The summed E-state index contributed by atoms with van der Waals surface area (Å²) >= 11 is 0. The summed E-state index contributed by atoms with van der Waals surface area (Å²) in [6, 6.07) is 5.32. The minimum atomic E-state index is -0.554. The highest BCUT2D eigenvalue weighted by Gasteiger charge is 2.31. The largest absolute Gasteiger partial charge is 0.341 e. The molecule has 4 heteroatoms. The molecule has 1 atom stereocenters. The standard InChI is InChI=1S/C13H16N2O2/c1-7(2)9-4-5-11-10(6-9)12(13(17)15-11)14-8(3)16/h4-7,12H,1-3H3,(H,14,16)(H,15,17). The van der Waals surface area contributed by atoms with Crippen LogP contribution in [0.15, 0.2) is 18.2 Å². The van der Waals surface area contributed by atoms with Crippen LogP contribution in [0.25, 0.3) is 0 Å². The van der Waals surface area contributed by atoms with Gasteiger partial charge in [-0.25, -0.2) is 0 Å². The zero-order valence-corrected chi connectivity index (χ0v) is 10.2. The summed E-state index contributed by atoms with van der Waals surface area (Å²) in [5.74, 6) is 0.0260. The van der Waals surface area contributed by atoms with Crippen LogP contribution in [0.4, 0.5) is 5.69 Å². The SMILES string of the molecule is CC(=O)NC1C(=O)Nc2ccc(C(C)C)cc21. The number of benzene rings is 1. The Kier molecular flexibility index (Phi) is 2.88. The van der Waals surface area contributed by atoms with Gasteiger partial charge in [0.2, 0.25) is 5.91 Å². The molecule has 1 unspecified atom stereocenters. The molecule has 0 aromatic heterocycles. The lowest BCUT2D eigenvalue weighted by Gasteiger charge is -2.12. The zero-order valence-electron chi connectivity index (χ0n) is 10.2. The molecule has 0 fully saturated rings. The molecule has 2 N–H and O–H groups in total. The van der Waals surface area contributed by atoms with Crippen LogP contribution in [0.3, 0.4) is 0 Å². The fraction of sp³-hybridized carbons (Fsp3) is 0.385. The average Bonchev–Trinajstić information content (AvgIpc) is 2.54. The number of anilines is 1. The van der Waals surface area contributed by atoms with Gasteiger partial charge < -0.3 is 10.6 Å². The van der Waals surface area contributed by atoms with Gasteiger partial charge in [0, 0.05) is 18.2 Å². The molecule has 90 valence electrons. The van der Waals surface area contributed by atoms with Crippen molar-refractivity contribution in [3.63, 3.8) is 0 Å². The lowest BCUT2D eigenvalue weighted by Crippen LogP contribution is -2.31. The Labute approximate surface area is 100 Å². The van der Waals surface area contributed by atoms with Crippen LogP contribution in [0, 0.1) is 0 Å². The van der Waals surface area contributed by atoms with Gasteiger partial charge in [-0.2, -0.15) is 0 Å². The van der Waals surface area contributed by atoms with Gasteiger partial charge in [-0.15, -0.1) is 0 Å². The van der Waals surface area contributed by atoms with Gasteiger partial charge in [-0.05, 0) is 17.5 Å². The number of carbonyl (C=O) groups is 2. The van der Waals surface area contributed by atoms with E-state index in [1.165, 1.54) is 6.92 Å². The van der Waals surface area contributed by atoms with E-state index in [2.05, 4.69) is 24.5 Å². The predicted molar refractivity (Wildman–Crippen MR) is 65.7 cm³/mol. The van der Waals surface area contributed by atoms with Gasteiger partial charge in [-0.3, -0.25) is 9.59 Å². The molecule has 1 aliphatic rings. The Balaban J connectivity index is 2.39. The second-order valence-corrected chi connectivity index (χ2v) is 4.62. The first kappa shape index (κ1) is 11.6. The molecule has 0 saturated heterocycles. The summed E-state index contributed by atoms with van der Waals surface area (Å²) in [5.41, 5.74) is 2.81. The number of hydrogen-bond donors (Lipinski definition) is 2. The van der Waals surface area contributed by atoms with Gasteiger partial charge in [-0.1, -0.05) is 26.0 Å². The fourth-order valence-corrected chi connectivity index (χ4v) is 1.99. The molecule has 1 heterocycles. The predicted octanol–water partition coefficient (Wildman–Crippen LogP) is 1.94. The summed E-state index contributed by atoms with van der Waals surface area (Å²) in [4.78, 5) is 22.8. The van der Waals surface area contributed by atoms with E-state index in [0.29, 0.717) is 5.92 Å². The number of rotatable bonds is 2. The van der Waals surface area contributed by atoms with Crippen molar-refractivity contribution in [3.05, 3.63) is 29.3 Å². The van der Waals surface area contributed by atoms with Crippen LogP contribution in [0.1, 0.15) is 43.9 Å². The van der Waals surface area contributed by atoms with E-state index in [0.717, 1.165) is 16.8 Å². The van der Waals surface area contributed by atoms with Crippen molar-refractivity contribution >= 4 is 17.5 Å². The highest BCUT2D eigenvalue weighted by molar-refractivity contribution is 6.04. The van der Waals surface area contributed by atoms with Crippen molar-refractivity contribution in [2.45, 2.75) is 32.7 Å². The number of amides is 2. The smallest absolute Gasteiger partial charge is 0.251 e. The van der Waals surface area contributed by atoms with E-state index in [1.54, 1.807) is 0 Å². The molecule has 17 heavy (non-hydrogen) atoms. The fourth-order valence-electron chi connectivity index (χ4n) is 1.99. The van der Waals surface area contributed by atoms with Crippen LogP contribution in [0.5, 0.6) is 0 Å². The summed E-state index contributed by atoms with van der Waals surface area (Å²) in [7, 11) is 0. The van der Waals surface area contributed by atoms with Gasteiger partial charge in [0.1, 0.15) is 6.04 Å². The summed E-state index contributed by atoms with van der Waals surface area (Å²) in [6.07, 6.45) is 0. The molecule has 0 radical (unpaired) electrons. The quantitative estimate of drug-likeness (QED) is 0.818. The van der Waals surface area contributed by atoms with Gasteiger partial charge in [0.05, 0.1) is 0 Å². The molecular weight excluding hydrogens is 216 g/mol. The third-order valence-electron chi connectivity index (χ3n) is 2.92. The van der Waals surface area contributed by atoms with Crippen molar-refractivity contribution in [2.24, 2.45) is 0 Å². The Morgan fingerprint density at radius 3 is 2.71 bits per heavy atom. The Morgan fingerprint density at radius 1 is 1.41 bits per heavy atom. The van der Waals surface area contributed by atoms with Crippen molar-refractivity contribution in [1.29, 1.82) is 0 Å². The molecule has 4 nitrogen and oxygen atoms in total. The van der Waals surface area contributed by atoms with E-state index in [1.807, 2.05) is 18.2 Å². The molecule has 1 aliphatic heterocycles. The molecule has 0 aliphatic carbocycles. The van der Waals surface area contributed by atoms with E-state index < -0.39 is 6.04 Å². The molecule has 0 saturated carbocycles. The lowest BCUT2D eigenvalue weighted by molar-refractivity contribution is -0.124. The summed E-state index contributed by atoms with van der Waals surface area (Å²) < 4.78 is 0. The van der Waals surface area contributed by atoms with Gasteiger partial charge >= 0.3 is 0 Å². The van der Waals surface area contributed by atoms with Crippen LogP contribution in [-0.2, 0) is 9.59 Å². The van der Waals surface area contributed by atoms with Crippen molar-refractivity contribution < 1.29 is 9.59 Å². The highest BCUT2D eigenvalue weighted by Crippen LogP contribution is 2.33. The van der Waals surface area contributed by atoms with Crippen molar-refractivity contribution in [3.8, 4) is 0 Å². The second-order valence-electron chi connectivity index (χ2n) is 4.62. The third-order valence-corrected chi connectivity index (χ3v) is 2.92. The van der Waals surface area contributed by atoms with Crippen LogP contribution < -0.4 is 10.6 Å². The maximum atomic E-state index is 11.7. The molecule has 2 amide bonds. The van der Waals surface area contributed by atoms with Gasteiger partial charge in [0.15, 0.2) is 0 Å². The van der Waals surface area contributed by atoms with Crippen molar-refractivity contribution in [1.82, 2.24) is 5.32 Å². The average molecular weight is 232 g/mol. The van der Waals surface area contributed by atoms with E-state index >= 15 is 0 Å². The van der Waals surface area contributed by atoms with Gasteiger partial charge in [0.25, 0.3) is 5.91 Å². The third kappa shape index (κ3) is 2.16. The molecule has 0 bridgehead atoms. The van der Waals surface area contributed by atoms with E-state index in [9.17, 15) is 9.59 Å². The first-order valence-corrected chi connectivity index (χ1v) is 5.71. The molecule has 0 spiro atoms. The number of nitrogens with one attached hydrogen (secondary N) is 2. The first-order valence-electron chi connectivity index (χ1n) is 5.71. The highest BCUT2D eigenvalue weighted by atomic mass is 16.2. The number of hydrogen-bond acceptors (Lipinski definition) is 2. The molecule has 1 aromatic rings. The normalized spacial score (nSPS) is 17.9. The van der Waals surface area contributed by atoms with Crippen molar-refractivity contribution in [2.75, 3.05) is 5.32 Å². The molecule has 2 rings (SSSR count). The van der Waals surface area contributed by atoms with E-state index in [-0.39, 0.29) is 11.8 Å². The topological polar surface area (TPSA) is 58.2 Å². The monoisotopic (exact) mass is 232 g/mol.